The van der Waals surface area contributed by atoms with Crippen molar-refractivity contribution < 1.29 is 9.84 Å². The Morgan fingerprint density at radius 2 is 1.85 bits per heavy atom. The number of rotatable bonds is 6. The smallest absolute Gasteiger partial charge is 0.122 e. The van der Waals surface area contributed by atoms with Gasteiger partial charge in [0.1, 0.15) is 5.75 Å². The molecule has 1 saturated heterocycles. The molecule has 0 bridgehead atoms. The maximum atomic E-state index is 9.60. The molecule has 1 aliphatic carbocycles. The minimum absolute atomic E-state index is 0.278. The first kappa shape index (κ1) is 19.7. The van der Waals surface area contributed by atoms with Crippen molar-refractivity contribution in [2.75, 3.05) is 33.4 Å². The summed E-state index contributed by atoms with van der Waals surface area (Å²) in [6.45, 7) is 8.97. The fourth-order valence-electron chi connectivity index (χ4n) is 4.79. The van der Waals surface area contributed by atoms with Crippen molar-refractivity contribution in [1.29, 1.82) is 0 Å². The highest BCUT2D eigenvalue weighted by atomic mass is 16.5. The molecule has 1 atom stereocenters. The molecule has 0 amide bonds. The van der Waals surface area contributed by atoms with Crippen LogP contribution in [0, 0.1) is 13.8 Å². The largest absolute Gasteiger partial charge is 0.496 e. The van der Waals surface area contributed by atoms with Crippen molar-refractivity contribution in [2.45, 2.75) is 71.0 Å². The van der Waals surface area contributed by atoms with E-state index >= 15 is 0 Å². The van der Waals surface area contributed by atoms with Gasteiger partial charge in [-0.1, -0.05) is 25.3 Å². The van der Waals surface area contributed by atoms with Gasteiger partial charge in [-0.15, -0.1) is 0 Å². The van der Waals surface area contributed by atoms with Crippen molar-refractivity contribution in [3.05, 3.63) is 28.8 Å². The Labute approximate surface area is 159 Å². The van der Waals surface area contributed by atoms with Crippen LogP contribution in [-0.2, 0) is 6.54 Å². The maximum Gasteiger partial charge on any atom is 0.122 e. The van der Waals surface area contributed by atoms with Gasteiger partial charge in [0, 0.05) is 44.9 Å². The molecule has 1 aromatic carbocycles. The number of piperazine rings is 1. The molecule has 1 aromatic rings. The lowest BCUT2D eigenvalue weighted by molar-refractivity contribution is 0.0221. The van der Waals surface area contributed by atoms with E-state index in [1.807, 2.05) is 0 Å². The molecule has 0 aromatic heterocycles. The third-order valence-electron chi connectivity index (χ3n) is 6.63. The summed E-state index contributed by atoms with van der Waals surface area (Å²) in [4.78, 5) is 5.30. The van der Waals surface area contributed by atoms with E-state index in [4.69, 9.17) is 4.74 Å². The van der Waals surface area contributed by atoms with Crippen molar-refractivity contribution in [2.24, 2.45) is 0 Å². The minimum atomic E-state index is 0.278. The number of aliphatic hydroxyl groups excluding tert-OH is 1. The molecule has 0 radical (unpaired) electrons. The number of aliphatic hydroxyl groups is 1. The Kier molecular flexibility index (Phi) is 6.96. The summed E-state index contributed by atoms with van der Waals surface area (Å²) in [6.07, 6.45) is 7.79. The van der Waals surface area contributed by atoms with Crippen LogP contribution in [0.25, 0.3) is 0 Å². The Hall–Kier alpha value is -1.10. The molecular weight excluding hydrogens is 324 g/mol. The third-order valence-corrected chi connectivity index (χ3v) is 6.63. The summed E-state index contributed by atoms with van der Waals surface area (Å²) in [6, 6.07) is 5.54. The Bertz CT molecular complexity index is 584. The normalized spacial score (nSPS) is 23.3. The Morgan fingerprint density at radius 3 is 2.54 bits per heavy atom. The summed E-state index contributed by atoms with van der Waals surface area (Å²) in [7, 11) is 1.74. The molecule has 4 heteroatoms. The summed E-state index contributed by atoms with van der Waals surface area (Å²) in [5.74, 6) is 0.972. The highest BCUT2D eigenvalue weighted by Crippen LogP contribution is 2.28. The molecule has 1 N–H and O–H groups in total. The van der Waals surface area contributed by atoms with Gasteiger partial charge in [-0.05, 0) is 55.9 Å². The second-order valence-electron chi connectivity index (χ2n) is 8.10. The van der Waals surface area contributed by atoms with E-state index in [1.54, 1.807) is 7.11 Å². The lowest BCUT2D eigenvalue weighted by atomic mass is 9.92. The quantitative estimate of drug-likeness (QED) is 0.842. The molecule has 1 heterocycles. The van der Waals surface area contributed by atoms with Crippen LogP contribution in [-0.4, -0.2) is 60.3 Å². The fourth-order valence-corrected chi connectivity index (χ4v) is 4.79. The molecule has 26 heavy (non-hydrogen) atoms. The standard InChI is InChI=1S/C22H36N2O2/c1-17-18(2)22(26-3)10-9-19(17)15-23-12-13-24(16-21(23)11-14-25)20-7-5-4-6-8-20/h9-10,20-21,25H,4-8,11-16H2,1-3H3. The van der Waals surface area contributed by atoms with Crippen LogP contribution in [0.3, 0.4) is 0 Å². The second kappa shape index (κ2) is 9.20. The summed E-state index contributed by atoms with van der Waals surface area (Å²) in [5, 5.41) is 9.60. The second-order valence-corrected chi connectivity index (χ2v) is 8.10. The topological polar surface area (TPSA) is 35.9 Å². The molecular formula is C22H36N2O2. The van der Waals surface area contributed by atoms with Gasteiger partial charge in [0.25, 0.3) is 0 Å². The molecule has 1 unspecified atom stereocenters. The predicted octanol–water partition coefficient (Wildman–Crippen LogP) is 3.51. The van der Waals surface area contributed by atoms with E-state index in [2.05, 4.69) is 35.8 Å². The van der Waals surface area contributed by atoms with Crippen LogP contribution in [0.1, 0.15) is 55.2 Å². The molecule has 4 nitrogen and oxygen atoms in total. The molecule has 2 aliphatic rings. The van der Waals surface area contributed by atoms with E-state index in [9.17, 15) is 5.11 Å². The monoisotopic (exact) mass is 360 g/mol. The van der Waals surface area contributed by atoms with Gasteiger partial charge in [0.05, 0.1) is 7.11 Å². The molecule has 0 spiro atoms. The summed E-state index contributed by atoms with van der Waals surface area (Å²) >= 11 is 0. The number of hydrogen-bond donors (Lipinski definition) is 1. The zero-order chi connectivity index (χ0) is 18.5. The van der Waals surface area contributed by atoms with Gasteiger partial charge in [-0.3, -0.25) is 9.80 Å². The Balaban J connectivity index is 1.68. The van der Waals surface area contributed by atoms with Gasteiger partial charge < -0.3 is 9.84 Å². The lowest BCUT2D eigenvalue weighted by Gasteiger charge is -2.45. The van der Waals surface area contributed by atoms with Crippen LogP contribution in [0.5, 0.6) is 5.75 Å². The van der Waals surface area contributed by atoms with Gasteiger partial charge in [-0.25, -0.2) is 0 Å². The molecule has 3 rings (SSSR count). The van der Waals surface area contributed by atoms with E-state index in [0.29, 0.717) is 6.04 Å². The molecule has 1 aliphatic heterocycles. The van der Waals surface area contributed by atoms with Crippen molar-refractivity contribution in [3.63, 3.8) is 0 Å². The number of methoxy groups -OCH3 is 1. The van der Waals surface area contributed by atoms with Gasteiger partial charge in [0.2, 0.25) is 0 Å². The van der Waals surface area contributed by atoms with E-state index in [1.165, 1.54) is 55.3 Å². The molecule has 1 saturated carbocycles. The average molecular weight is 361 g/mol. The number of nitrogens with zero attached hydrogens (tertiary/aromatic N) is 2. The number of benzene rings is 1. The highest BCUT2D eigenvalue weighted by molar-refractivity contribution is 5.43. The van der Waals surface area contributed by atoms with Crippen LogP contribution < -0.4 is 4.74 Å². The van der Waals surface area contributed by atoms with Crippen molar-refractivity contribution >= 4 is 0 Å². The van der Waals surface area contributed by atoms with Crippen molar-refractivity contribution in [1.82, 2.24) is 9.80 Å². The first-order valence-electron chi connectivity index (χ1n) is 10.4. The number of ether oxygens (including phenoxy) is 1. The van der Waals surface area contributed by atoms with E-state index in [0.717, 1.165) is 37.8 Å². The first-order chi connectivity index (χ1) is 12.6. The first-order valence-corrected chi connectivity index (χ1v) is 10.4. The van der Waals surface area contributed by atoms with Gasteiger partial charge in [0.15, 0.2) is 0 Å². The fraction of sp³-hybridized carbons (Fsp3) is 0.727. The maximum absolute atomic E-state index is 9.60. The van der Waals surface area contributed by atoms with Crippen LogP contribution in [0.4, 0.5) is 0 Å². The van der Waals surface area contributed by atoms with Crippen LogP contribution >= 0.6 is 0 Å². The van der Waals surface area contributed by atoms with Crippen LogP contribution in [0.2, 0.25) is 0 Å². The SMILES string of the molecule is COc1ccc(CN2CCN(C3CCCCC3)CC2CCO)c(C)c1C. The van der Waals surface area contributed by atoms with E-state index < -0.39 is 0 Å². The number of hydrogen-bond acceptors (Lipinski definition) is 4. The molecule has 146 valence electrons. The van der Waals surface area contributed by atoms with Crippen LogP contribution in [0.15, 0.2) is 12.1 Å². The van der Waals surface area contributed by atoms with Crippen molar-refractivity contribution in [3.8, 4) is 5.75 Å². The molecule has 2 fully saturated rings. The van der Waals surface area contributed by atoms with E-state index in [-0.39, 0.29) is 6.61 Å². The zero-order valence-corrected chi connectivity index (χ0v) is 16.8. The summed E-state index contributed by atoms with van der Waals surface area (Å²) in [5.41, 5.74) is 3.96. The summed E-state index contributed by atoms with van der Waals surface area (Å²) < 4.78 is 5.46. The predicted molar refractivity (Wildman–Crippen MR) is 107 cm³/mol. The lowest BCUT2D eigenvalue weighted by Crippen LogP contribution is -2.56. The van der Waals surface area contributed by atoms with Gasteiger partial charge >= 0.3 is 0 Å². The highest BCUT2D eigenvalue weighted by Gasteiger charge is 2.31. The zero-order valence-electron chi connectivity index (χ0n) is 16.8. The minimum Gasteiger partial charge on any atom is -0.496 e. The Morgan fingerprint density at radius 1 is 1.08 bits per heavy atom. The average Bonchev–Trinajstić information content (AvgIpc) is 2.68. The third kappa shape index (κ3) is 4.41. The van der Waals surface area contributed by atoms with Gasteiger partial charge in [-0.2, -0.15) is 0 Å².